The standard InChI is InChI=1S/C16H16O3S/c1-20(17,18)16-11-9-15(10-12-16)19-13-5-8-14-6-3-2-4-7-14/h2-12H,13H2,1H3/b8-5+. The first kappa shape index (κ1) is 14.3. The van der Waals surface area contributed by atoms with E-state index < -0.39 is 9.84 Å². The summed E-state index contributed by atoms with van der Waals surface area (Å²) in [7, 11) is -3.15. The molecule has 0 bridgehead atoms. The Morgan fingerprint density at radius 3 is 2.25 bits per heavy atom. The van der Waals surface area contributed by atoms with Gasteiger partial charge in [0.1, 0.15) is 12.4 Å². The molecule has 0 aliphatic rings. The molecule has 0 aliphatic carbocycles. The van der Waals surface area contributed by atoms with E-state index in [-0.39, 0.29) is 0 Å². The van der Waals surface area contributed by atoms with E-state index in [1.807, 2.05) is 42.5 Å². The molecule has 2 aromatic rings. The maximum Gasteiger partial charge on any atom is 0.175 e. The molecule has 0 spiro atoms. The van der Waals surface area contributed by atoms with Crippen LogP contribution in [-0.2, 0) is 9.84 Å². The van der Waals surface area contributed by atoms with Gasteiger partial charge in [-0.15, -0.1) is 0 Å². The van der Waals surface area contributed by atoms with Crippen LogP contribution in [0.2, 0.25) is 0 Å². The van der Waals surface area contributed by atoms with Gasteiger partial charge >= 0.3 is 0 Å². The quantitative estimate of drug-likeness (QED) is 0.848. The Balaban J connectivity index is 1.90. The van der Waals surface area contributed by atoms with Crippen LogP contribution in [0.25, 0.3) is 6.08 Å². The second-order valence-electron chi connectivity index (χ2n) is 4.37. The Labute approximate surface area is 119 Å². The van der Waals surface area contributed by atoms with Crippen LogP contribution in [-0.4, -0.2) is 21.3 Å². The zero-order valence-electron chi connectivity index (χ0n) is 11.2. The number of hydrogen-bond acceptors (Lipinski definition) is 3. The fourth-order valence-electron chi connectivity index (χ4n) is 1.68. The second-order valence-corrected chi connectivity index (χ2v) is 6.38. The molecule has 0 N–H and O–H groups in total. The second kappa shape index (κ2) is 6.39. The zero-order valence-corrected chi connectivity index (χ0v) is 12.0. The minimum atomic E-state index is -3.15. The van der Waals surface area contributed by atoms with Crippen molar-refractivity contribution in [3.63, 3.8) is 0 Å². The molecule has 0 fully saturated rings. The Morgan fingerprint density at radius 2 is 1.65 bits per heavy atom. The van der Waals surface area contributed by atoms with Gasteiger partial charge in [-0.1, -0.05) is 36.4 Å². The van der Waals surface area contributed by atoms with E-state index in [1.165, 1.54) is 6.26 Å². The molecule has 0 aromatic heterocycles. The van der Waals surface area contributed by atoms with Gasteiger partial charge in [0.05, 0.1) is 4.90 Å². The van der Waals surface area contributed by atoms with Crippen molar-refractivity contribution in [3.05, 3.63) is 66.2 Å². The first-order chi connectivity index (χ1) is 9.55. The van der Waals surface area contributed by atoms with Crippen molar-refractivity contribution in [2.24, 2.45) is 0 Å². The van der Waals surface area contributed by atoms with E-state index in [9.17, 15) is 8.42 Å². The molecule has 0 atom stereocenters. The van der Waals surface area contributed by atoms with Crippen molar-refractivity contribution in [1.82, 2.24) is 0 Å². The van der Waals surface area contributed by atoms with E-state index in [0.717, 1.165) is 5.56 Å². The van der Waals surface area contributed by atoms with Crippen LogP contribution in [0.1, 0.15) is 5.56 Å². The number of rotatable bonds is 5. The molecule has 2 rings (SSSR count). The van der Waals surface area contributed by atoms with Gasteiger partial charge in [0, 0.05) is 6.26 Å². The molecule has 0 saturated heterocycles. The predicted molar refractivity (Wildman–Crippen MR) is 80.5 cm³/mol. The normalized spacial score (nSPS) is 11.7. The summed E-state index contributed by atoms with van der Waals surface area (Å²) in [5, 5.41) is 0. The summed E-state index contributed by atoms with van der Waals surface area (Å²) in [6, 6.07) is 16.4. The zero-order chi connectivity index (χ0) is 14.4. The lowest BCUT2D eigenvalue weighted by Crippen LogP contribution is -1.97. The van der Waals surface area contributed by atoms with E-state index in [1.54, 1.807) is 24.3 Å². The third kappa shape index (κ3) is 4.24. The van der Waals surface area contributed by atoms with E-state index in [4.69, 9.17) is 4.74 Å². The monoisotopic (exact) mass is 288 g/mol. The van der Waals surface area contributed by atoms with Gasteiger partial charge in [0.2, 0.25) is 0 Å². The highest BCUT2D eigenvalue weighted by molar-refractivity contribution is 7.90. The number of benzene rings is 2. The summed E-state index contributed by atoms with van der Waals surface area (Å²) >= 11 is 0. The van der Waals surface area contributed by atoms with Gasteiger partial charge in [0.15, 0.2) is 9.84 Å². The van der Waals surface area contributed by atoms with Crippen molar-refractivity contribution in [3.8, 4) is 5.75 Å². The minimum absolute atomic E-state index is 0.296. The van der Waals surface area contributed by atoms with Crippen molar-refractivity contribution in [2.45, 2.75) is 4.90 Å². The van der Waals surface area contributed by atoms with Gasteiger partial charge in [-0.3, -0.25) is 0 Å². The largest absolute Gasteiger partial charge is 0.490 e. The number of sulfone groups is 1. The summed E-state index contributed by atoms with van der Waals surface area (Å²) in [6.45, 7) is 0.438. The van der Waals surface area contributed by atoms with Crippen LogP contribution < -0.4 is 4.74 Å². The lowest BCUT2D eigenvalue weighted by molar-refractivity contribution is 0.363. The Kier molecular flexibility index (Phi) is 4.58. The molecule has 4 heteroatoms. The van der Waals surface area contributed by atoms with Gasteiger partial charge in [-0.05, 0) is 35.9 Å². The van der Waals surface area contributed by atoms with E-state index >= 15 is 0 Å². The first-order valence-corrected chi connectivity index (χ1v) is 8.09. The summed E-state index contributed by atoms with van der Waals surface area (Å²) in [4.78, 5) is 0.296. The van der Waals surface area contributed by atoms with Crippen LogP contribution in [0, 0.1) is 0 Å². The van der Waals surface area contributed by atoms with Crippen LogP contribution >= 0.6 is 0 Å². The molecular weight excluding hydrogens is 272 g/mol. The van der Waals surface area contributed by atoms with E-state index in [0.29, 0.717) is 17.3 Å². The Morgan fingerprint density at radius 1 is 1.00 bits per heavy atom. The molecule has 20 heavy (non-hydrogen) atoms. The summed E-state index contributed by atoms with van der Waals surface area (Å²) < 4.78 is 28.1. The highest BCUT2D eigenvalue weighted by atomic mass is 32.2. The lowest BCUT2D eigenvalue weighted by Gasteiger charge is -2.04. The first-order valence-electron chi connectivity index (χ1n) is 6.20. The average molecular weight is 288 g/mol. The third-order valence-electron chi connectivity index (χ3n) is 2.71. The molecule has 0 aliphatic heterocycles. The maximum atomic E-state index is 11.3. The van der Waals surface area contributed by atoms with Gasteiger partial charge in [0.25, 0.3) is 0 Å². The van der Waals surface area contributed by atoms with E-state index in [2.05, 4.69) is 0 Å². The highest BCUT2D eigenvalue weighted by Crippen LogP contribution is 2.15. The van der Waals surface area contributed by atoms with Crippen molar-refractivity contribution < 1.29 is 13.2 Å². The summed E-state index contributed by atoms with van der Waals surface area (Å²) in [5.74, 6) is 0.648. The SMILES string of the molecule is CS(=O)(=O)c1ccc(OC/C=C/c2ccccc2)cc1. The molecule has 104 valence electrons. The number of hydrogen-bond donors (Lipinski definition) is 0. The average Bonchev–Trinajstić information content (AvgIpc) is 2.44. The molecule has 0 heterocycles. The fourth-order valence-corrected chi connectivity index (χ4v) is 2.31. The maximum absolute atomic E-state index is 11.3. The fraction of sp³-hybridized carbons (Fsp3) is 0.125. The molecule has 0 radical (unpaired) electrons. The van der Waals surface area contributed by atoms with Crippen molar-refractivity contribution in [1.29, 1.82) is 0 Å². The minimum Gasteiger partial charge on any atom is -0.490 e. The lowest BCUT2D eigenvalue weighted by atomic mass is 10.2. The molecule has 3 nitrogen and oxygen atoms in total. The molecular formula is C16H16O3S. The number of ether oxygens (including phenoxy) is 1. The molecule has 0 saturated carbocycles. The van der Waals surface area contributed by atoms with Crippen molar-refractivity contribution >= 4 is 15.9 Å². The molecule has 2 aromatic carbocycles. The Hall–Kier alpha value is -2.07. The Bertz CT molecular complexity index is 671. The molecule has 0 amide bonds. The van der Waals surface area contributed by atoms with Crippen LogP contribution in [0.5, 0.6) is 5.75 Å². The van der Waals surface area contributed by atoms with Gasteiger partial charge < -0.3 is 4.74 Å². The third-order valence-corrected chi connectivity index (χ3v) is 3.84. The summed E-state index contributed by atoms with van der Waals surface area (Å²) in [6.07, 6.45) is 5.08. The van der Waals surface area contributed by atoms with Crippen LogP contribution in [0.15, 0.2) is 65.6 Å². The van der Waals surface area contributed by atoms with Crippen LogP contribution in [0.3, 0.4) is 0 Å². The van der Waals surface area contributed by atoms with Gasteiger partial charge in [-0.25, -0.2) is 8.42 Å². The predicted octanol–water partition coefficient (Wildman–Crippen LogP) is 3.18. The van der Waals surface area contributed by atoms with Crippen molar-refractivity contribution in [2.75, 3.05) is 12.9 Å². The van der Waals surface area contributed by atoms with Gasteiger partial charge in [-0.2, -0.15) is 0 Å². The summed E-state index contributed by atoms with van der Waals surface area (Å²) in [5.41, 5.74) is 1.11. The smallest absolute Gasteiger partial charge is 0.175 e. The molecule has 0 unspecified atom stereocenters. The topological polar surface area (TPSA) is 43.4 Å². The highest BCUT2D eigenvalue weighted by Gasteiger charge is 2.05. The van der Waals surface area contributed by atoms with Crippen LogP contribution in [0.4, 0.5) is 0 Å².